The summed E-state index contributed by atoms with van der Waals surface area (Å²) in [6.07, 6.45) is -0.366. The molecule has 0 saturated heterocycles. The highest BCUT2D eigenvalue weighted by Gasteiger charge is 2.15. The quantitative estimate of drug-likeness (QED) is 0.595. The van der Waals surface area contributed by atoms with Crippen LogP contribution < -0.4 is 0 Å². The van der Waals surface area contributed by atoms with Crippen LogP contribution in [0.3, 0.4) is 0 Å². The SMILES string of the molecule is C=C(C)C(C(=C)C)C(C)O. The Kier molecular flexibility index (Phi) is 3.37. The summed E-state index contributed by atoms with van der Waals surface area (Å²) in [6.45, 7) is 13.1. The van der Waals surface area contributed by atoms with E-state index in [0.717, 1.165) is 11.1 Å². The summed E-state index contributed by atoms with van der Waals surface area (Å²) >= 11 is 0. The van der Waals surface area contributed by atoms with Crippen LogP contribution in [-0.2, 0) is 0 Å². The van der Waals surface area contributed by atoms with Crippen LogP contribution in [0, 0.1) is 5.92 Å². The van der Waals surface area contributed by atoms with Crippen molar-refractivity contribution in [2.75, 3.05) is 0 Å². The van der Waals surface area contributed by atoms with Crippen LogP contribution in [0.5, 0.6) is 0 Å². The first-order valence-corrected chi connectivity index (χ1v) is 3.45. The number of aliphatic hydroxyl groups excluding tert-OH is 1. The average Bonchev–Trinajstić information content (AvgIpc) is 1.59. The molecular formula is C9H16O. The molecule has 58 valence electrons. The fourth-order valence-corrected chi connectivity index (χ4v) is 1.24. The third kappa shape index (κ3) is 2.36. The van der Waals surface area contributed by atoms with Crippen molar-refractivity contribution in [3.05, 3.63) is 24.3 Å². The minimum absolute atomic E-state index is 0.0556. The van der Waals surface area contributed by atoms with E-state index in [0.29, 0.717) is 0 Å². The molecule has 0 radical (unpaired) electrons. The minimum Gasteiger partial charge on any atom is -0.392 e. The third-order valence-electron chi connectivity index (χ3n) is 1.54. The second-order valence-electron chi connectivity index (χ2n) is 2.91. The van der Waals surface area contributed by atoms with Crippen molar-refractivity contribution >= 4 is 0 Å². The predicted octanol–water partition coefficient (Wildman–Crippen LogP) is 2.14. The second-order valence-corrected chi connectivity index (χ2v) is 2.91. The Balaban J connectivity index is 4.27. The van der Waals surface area contributed by atoms with Crippen molar-refractivity contribution in [2.45, 2.75) is 26.9 Å². The second kappa shape index (κ2) is 3.57. The van der Waals surface area contributed by atoms with Crippen molar-refractivity contribution in [3.8, 4) is 0 Å². The van der Waals surface area contributed by atoms with Gasteiger partial charge in [-0.2, -0.15) is 0 Å². The summed E-state index contributed by atoms with van der Waals surface area (Å²) in [5.74, 6) is 0.0556. The van der Waals surface area contributed by atoms with Gasteiger partial charge in [-0.25, -0.2) is 0 Å². The Labute approximate surface area is 63.1 Å². The molecule has 0 rings (SSSR count). The van der Waals surface area contributed by atoms with E-state index in [2.05, 4.69) is 13.2 Å². The van der Waals surface area contributed by atoms with Crippen LogP contribution in [0.1, 0.15) is 20.8 Å². The van der Waals surface area contributed by atoms with Gasteiger partial charge in [0.1, 0.15) is 0 Å². The molecule has 1 unspecified atom stereocenters. The van der Waals surface area contributed by atoms with Gasteiger partial charge in [0, 0.05) is 5.92 Å². The highest BCUT2D eigenvalue weighted by atomic mass is 16.3. The molecule has 1 heteroatoms. The van der Waals surface area contributed by atoms with Crippen LogP contribution in [0.4, 0.5) is 0 Å². The van der Waals surface area contributed by atoms with Gasteiger partial charge in [-0.3, -0.25) is 0 Å². The summed E-state index contributed by atoms with van der Waals surface area (Å²) in [5.41, 5.74) is 1.95. The van der Waals surface area contributed by atoms with Crippen LogP contribution in [0.15, 0.2) is 24.3 Å². The van der Waals surface area contributed by atoms with Gasteiger partial charge >= 0.3 is 0 Å². The smallest absolute Gasteiger partial charge is 0.0614 e. The first kappa shape index (κ1) is 9.44. The Hall–Kier alpha value is -0.560. The van der Waals surface area contributed by atoms with E-state index in [1.54, 1.807) is 6.92 Å². The van der Waals surface area contributed by atoms with Gasteiger partial charge in [0.15, 0.2) is 0 Å². The third-order valence-corrected chi connectivity index (χ3v) is 1.54. The van der Waals surface area contributed by atoms with Crippen molar-refractivity contribution in [3.63, 3.8) is 0 Å². The topological polar surface area (TPSA) is 20.2 Å². The Morgan fingerprint density at radius 1 is 1.20 bits per heavy atom. The van der Waals surface area contributed by atoms with Crippen molar-refractivity contribution in [1.29, 1.82) is 0 Å². The van der Waals surface area contributed by atoms with Gasteiger partial charge in [-0.15, -0.1) is 0 Å². The number of hydrogen-bond acceptors (Lipinski definition) is 1. The number of hydrogen-bond donors (Lipinski definition) is 1. The molecule has 10 heavy (non-hydrogen) atoms. The van der Waals surface area contributed by atoms with Crippen molar-refractivity contribution < 1.29 is 5.11 Å². The molecule has 1 atom stereocenters. The van der Waals surface area contributed by atoms with E-state index in [1.807, 2.05) is 13.8 Å². The van der Waals surface area contributed by atoms with E-state index in [4.69, 9.17) is 0 Å². The lowest BCUT2D eigenvalue weighted by atomic mass is 9.90. The highest BCUT2D eigenvalue weighted by molar-refractivity contribution is 5.14. The van der Waals surface area contributed by atoms with Gasteiger partial charge in [0.05, 0.1) is 6.10 Å². The molecule has 0 heterocycles. The molecule has 1 N–H and O–H groups in total. The summed E-state index contributed by atoms with van der Waals surface area (Å²) < 4.78 is 0. The lowest BCUT2D eigenvalue weighted by molar-refractivity contribution is 0.159. The zero-order valence-electron chi connectivity index (χ0n) is 7.02. The van der Waals surface area contributed by atoms with Crippen LogP contribution >= 0.6 is 0 Å². The molecule has 0 fully saturated rings. The first-order valence-electron chi connectivity index (χ1n) is 3.45. The zero-order chi connectivity index (χ0) is 8.31. The van der Waals surface area contributed by atoms with Gasteiger partial charge in [-0.05, 0) is 20.8 Å². The molecule has 0 aliphatic rings. The summed E-state index contributed by atoms with van der Waals surface area (Å²) in [7, 11) is 0. The van der Waals surface area contributed by atoms with E-state index >= 15 is 0 Å². The molecule has 1 nitrogen and oxygen atoms in total. The highest BCUT2D eigenvalue weighted by Crippen LogP contribution is 2.20. The minimum atomic E-state index is -0.366. The molecule has 0 aromatic heterocycles. The summed E-state index contributed by atoms with van der Waals surface area (Å²) in [4.78, 5) is 0. The molecular weight excluding hydrogens is 124 g/mol. The van der Waals surface area contributed by atoms with Crippen LogP contribution in [-0.4, -0.2) is 11.2 Å². The van der Waals surface area contributed by atoms with Gasteiger partial charge in [0.2, 0.25) is 0 Å². The zero-order valence-corrected chi connectivity index (χ0v) is 7.02. The lowest BCUT2D eigenvalue weighted by Crippen LogP contribution is -2.17. The Morgan fingerprint density at radius 3 is 1.50 bits per heavy atom. The van der Waals surface area contributed by atoms with E-state index in [9.17, 15) is 5.11 Å². The van der Waals surface area contributed by atoms with Gasteiger partial charge < -0.3 is 5.11 Å². The van der Waals surface area contributed by atoms with E-state index in [-0.39, 0.29) is 12.0 Å². The normalized spacial score (nSPS) is 13.3. The number of rotatable bonds is 3. The van der Waals surface area contributed by atoms with E-state index < -0.39 is 0 Å². The van der Waals surface area contributed by atoms with Crippen LogP contribution in [0.25, 0.3) is 0 Å². The summed E-state index contributed by atoms with van der Waals surface area (Å²) in [5, 5.41) is 9.23. The average molecular weight is 140 g/mol. The molecule has 0 spiro atoms. The first-order chi connectivity index (χ1) is 4.46. The maximum absolute atomic E-state index is 9.23. The van der Waals surface area contributed by atoms with Gasteiger partial charge in [0.25, 0.3) is 0 Å². The monoisotopic (exact) mass is 140 g/mol. The maximum Gasteiger partial charge on any atom is 0.0614 e. The molecule has 0 bridgehead atoms. The maximum atomic E-state index is 9.23. The largest absolute Gasteiger partial charge is 0.392 e. The van der Waals surface area contributed by atoms with Crippen molar-refractivity contribution in [1.82, 2.24) is 0 Å². The Morgan fingerprint density at radius 2 is 1.50 bits per heavy atom. The number of aliphatic hydroxyl groups is 1. The van der Waals surface area contributed by atoms with Gasteiger partial charge in [-0.1, -0.05) is 24.3 Å². The molecule has 0 aliphatic heterocycles. The fraction of sp³-hybridized carbons (Fsp3) is 0.556. The molecule has 0 saturated carbocycles. The molecule has 0 aromatic carbocycles. The fourth-order valence-electron chi connectivity index (χ4n) is 1.24. The van der Waals surface area contributed by atoms with E-state index in [1.165, 1.54) is 0 Å². The molecule has 0 amide bonds. The predicted molar refractivity (Wildman–Crippen MR) is 44.8 cm³/mol. The lowest BCUT2D eigenvalue weighted by Gasteiger charge is -2.19. The van der Waals surface area contributed by atoms with Crippen LogP contribution in [0.2, 0.25) is 0 Å². The molecule has 0 aliphatic carbocycles. The Bertz CT molecular complexity index is 131. The van der Waals surface area contributed by atoms with Crippen molar-refractivity contribution in [2.24, 2.45) is 5.92 Å². The standard InChI is InChI=1S/C9H16O/c1-6(2)9(7(3)4)8(5)10/h8-10H,1,3H2,2,4-5H3. The molecule has 0 aromatic rings. The summed E-state index contributed by atoms with van der Waals surface area (Å²) in [6, 6.07) is 0.